The molecule has 2 aromatic rings. The van der Waals surface area contributed by atoms with Crippen molar-refractivity contribution in [3.8, 4) is 11.5 Å². The van der Waals surface area contributed by atoms with Crippen LogP contribution in [-0.2, 0) is 6.11 Å². The van der Waals surface area contributed by atoms with E-state index in [0.717, 1.165) is 31.2 Å². The Morgan fingerprint density at radius 3 is 1.94 bits per heavy atom. The molecule has 0 heterocycles. The minimum atomic E-state index is -5.34. The summed E-state index contributed by atoms with van der Waals surface area (Å²) in [4.78, 5) is 0. The van der Waals surface area contributed by atoms with Gasteiger partial charge in [0.2, 0.25) is 5.75 Å². The molecule has 2 aromatic carbocycles. The molecule has 0 spiro atoms. The highest BCUT2D eigenvalue weighted by atomic mass is 19.4. The zero-order valence-corrected chi connectivity index (χ0v) is 18.7. The van der Waals surface area contributed by atoms with Gasteiger partial charge < -0.3 is 9.47 Å². The summed E-state index contributed by atoms with van der Waals surface area (Å²) in [7, 11) is 0. The molecule has 0 unspecified atom stereocenters. The molecule has 0 bridgehead atoms. The molecule has 0 N–H and O–H groups in total. The molecular formula is C25H27F7O2. The molecule has 9 heteroatoms. The van der Waals surface area contributed by atoms with Crippen LogP contribution in [0.4, 0.5) is 30.7 Å². The Morgan fingerprint density at radius 2 is 1.41 bits per heavy atom. The van der Waals surface area contributed by atoms with Crippen molar-refractivity contribution in [3.63, 3.8) is 0 Å². The topological polar surface area (TPSA) is 18.5 Å². The zero-order valence-electron chi connectivity index (χ0n) is 18.7. The monoisotopic (exact) mass is 492 g/mol. The summed E-state index contributed by atoms with van der Waals surface area (Å²) in [5, 5.41) is 0. The van der Waals surface area contributed by atoms with E-state index in [4.69, 9.17) is 0 Å². The summed E-state index contributed by atoms with van der Waals surface area (Å²) < 4.78 is 101. The van der Waals surface area contributed by atoms with E-state index in [1.807, 2.05) is 0 Å². The van der Waals surface area contributed by atoms with Crippen LogP contribution in [0.5, 0.6) is 11.5 Å². The van der Waals surface area contributed by atoms with Gasteiger partial charge in [-0.2, -0.15) is 8.78 Å². The lowest BCUT2D eigenvalue weighted by molar-refractivity contribution is -0.276. The fourth-order valence-corrected chi connectivity index (χ4v) is 4.43. The van der Waals surface area contributed by atoms with Gasteiger partial charge in [-0.1, -0.05) is 44.7 Å². The van der Waals surface area contributed by atoms with Gasteiger partial charge in [0.05, 0.1) is 5.56 Å². The number of ether oxygens (including phenoxy) is 2. The minimum Gasteiger partial charge on any atom is -0.429 e. The predicted octanol–water partition coefficient (Wildman–Crippen LogP) is 8.85. The molecule has 34 heavy (non-hydrogen) atoms. The maximum absolute atomic E-state index is 14.6. The summed E-state index contributed by atoms with van der Waals surface area (Å²) >= 11 is 0. The van der Waals surface area contributed by atoms with Crippen LogP contribution in [0.25, 0.3) is 0 Å². The van der Waals surface area contributed by atoms with Crippen molar-refractivity contribution in [1.29, 1.82) is 0 Å². The minimum absolute atomic E-state index is 0.214. The third-order valence-electron chi connectivity index (χ3n) is 6.22. The van der Waals surface area contributed by atoms with E-state index in [1.165, 1.54) is 37.8 Å². The normalized spacial score (nSPS) is 19.2. The maximum atomic E-state index is 14.6. The van der Waals surface area contributed by atoms with Gasteiger partial charge in [0.1, 0.15) is 5.75 Å². The highest BCUT2D eigenvalue weighted by Crippen LogP contribution is 2.40. The third-order valence-corrected chi connectivity index (χ3v) is 6.22. The lowest BCUT2D eigenvalue weighted by Crippen LogP contribution is -2.23. The van der Waals surface area contributed by atoms with Crippen molar-refractivity contribution in [2.45, 2.75) is 76.7 Å². The molecule has 0 aliphatic heterocycles. The zero-order chi connectivity index (χ0) is 24.9. The average Bonchev–Trinajstić information content (AvgIpc) is 2.76. The molecule has 2 nitrogen and oxygen atoms in total. The molecule has 0 amide bonds. The van der Waals surface area contributed by atoms with Crippen molar-refractivity contribution >= 4 is 0 Å². The first-order valence-corrected chi connectivity index (χ1v) is 11.4. The highest BCUT2D eigenvalue weighted by Gasteiger charge is 2.37. The van der Waals surface area contributed by atoms with Crippen LogP contribution in [0.1, 0.15) is 75.3 Å². The number of hydrogen-bond acceptors (Lipinski definition) is 2. The van der Waals surface area contributed by atoms with Crippen LogP contribution in [0.3, 0.4) is 0 Å². The summed E-state index contributed by atoms with van der Waals surface area (Å²) in [5.74, 6) is -5.34. The summed E-state index contributed by atoms with van der Waals surface area (Å²) in [5.41, 5.74) is 0.401. The van der Waals surface area contributed by atoms with E-state index in [-0.39, 0.29) is 18.1 Å². The van der Waals surface area contributed by atoms with E-state index >= 15 is 0 Å². The summed E-state index contributed by atoms with van der Waals surface area (Å²) in [6, 6.07) is 6.00. The molecule has 188 valence electrons. The Bertz CT molecular complexity index is 910. The van der Waals surface area contributed by atoms with Crippen molar-refractivity contribution < 1.29 is 40.2 Å². The molecule has 3 rings (SSSR count). The van der Waals surface area contributed by atoms with Gasteiger partial charge >= 0.3 is 12.5 Å². The molecule has 0 radical (unpaired) electrons. The molecule has 0 saturated heterocycles. The Labute approximate surface area is 194 Å². The standard InChI is InChI=1S/C25H27F7O2/c1-2-3-4-5-16-6-8-17(9-7-16)18-10-12-19(13-11-18)24(28,29)33-20-14-21(26)23(22(27)15-20)34-25(30,31)32/h10-17H,2-9H2,1H3/t16-,17-. The van der Waals surface area contributed by atoms with Gasteiger partial charge in [0.25, 0.3) is 0 Å². The summed E-state index contributed by atoms with van der Waals surface area (Å²) in [6.45, 7) is 2.18. The van der Waals surface area contributed by atoms with Gasteiger partial charge in [-0.3, -0.25) is 0 Å². The maximum Gasteiger partial charge on any atom is 0.573 e. The van der Waals surface area contributed by atoms with Gasteiger partial charge in [-0.05, 0) is 55.2 Å². The number of alkyl halides is 5. The fraction of sp³-hybridized carbons (Fsp3) is 0.520. The first kappa shape index (κ1) is 26.2. The number of rotatable bonds is 9. The Morgan fingerprint density at radius 1 is 0.824 bits per heavy atom. The second-order valence-electron chi connectivity index (χ2n) is 8.72. The van der Waals surface area contributed by atoms with E-state index in [9.17, 15) is 30.7 Å². The summed E-state index contributed by atoms with van der Waals surface area (Å²) in [6.07, 6.45) is -0.191. The molecule has 1 saturated carbocycles. The molecule has 0 atom stereocenters. The van der Waals surface area contributed by atoms with Gasteiger partial charge in [-0.15, -0.1) is 13.2 Å². The Balaban J connectivity index is 1.63. The second-order valence-corrected chi connectivity index (χ2v) is 8.72. The predicted molar refractivity (Wildman–Crippen MR) is 113 cm³/mol. The number of hydrogen-bond donors (Lipinski definition) is 0. The first-order valence-electron chi connectivity index (χ1n) is 11.4. The van der Waals surface area contributed by atoms with Crippen LogP contribution < -0.4 is 9.47 Å². The Kier molecular flexibility index (Phi) is 8.36. The number of halogens is 7. The number of benzene rings is 2. The fourth-order valence-electron chi connectivity index (χ4n) is 4.43. The third kappa shape index (κ3) is 7.03. The van der Waals surface area contributed by atoms with Gasteiger partial charge in [0.15, 0.2) is 11.6 Å². The lowest BCUT2D eigenvalue weighted by atomic mass is 9.77. The van der Waals surface area contributed by atoms with Gasteiger partial charge in [0, 0.05) is 12.1 Å². The molecule has 1 aliphatic rings. The lowest BCUT2D eigenvalue weighted by Gasteiger charge is -2.29. The first-order chi connectivity index (χ1) is 16.0. The van der Waals surface area contributed by atoms with E-state index in [2.05, 4.69) is 16.4 Å². The van der Waals surface area contributed by atoms with Crippen molar-refractivity contribution in [2.24, 2.45) is 5.92 Å². The highest BCUT2D eigenvalue weighted by molar-refractivity contribution is 5.36. The van der Waals surface area contributed by atoms with E-state index in [1.54, 1.807) is 12.1 Å². The quantitative estimate of drug-likeness (QED) is 0.257. The van der Waals surface area contributed by atoms with E-state index in [0.29, 0.717) is 5.92 Å². The van der Waals surface area contributed by atoms with Crippen molar-refractivity contribution in [1.82, 2.24) is 0 Å². The molecule has 1 aliphatic carbocycles. The van der Waals surface area contributed by atoms with Crippen LogP contribution >= 0.6 is 0 Å². The average molecular weight is 492 g/mol. The molecule has 1 fully saturated rings. The smallest absolute Gasteiger partial charge is 0.429 e. The van der Waals surface area contributed by atoms with Crippen molar-refractivity contribution in [3.05, 3.63) is 59.2 Å². The van der Waals surface area contributed by atoms with Crippen LogP contribution in [0, 0.1) is 17.6 Å². The molecular weight excluding hydrogens is 465 g/mol. The SMILES string of the molecule is CCCCC[C@H]1CC[C@H](c2ccc(C(F)(F)Oc3cc(F)c(OC(F)(F)F)c(F)c3)cc2)CC1. The Hall–Kier alpha value is -2.45. The van der Waals surface area contributed by atoms with E-state index < -0.39 is 41.2 Å². The molecule has 0 aromatic heterocycles. The van der Waals surface area contributed by atoms with Gasteiger partial charge in [-0.25, -0.2) is 8.78 Å². The van der Waals surface area contributed by atoms with Crippen LogP contribution in [-0.4, -0.2) is 6.36 Å². The van der Waals surface area contributed by atoms with Crippen molar-refractivity contribution in [2.75, 3.05) is 0 Å². The van der Waals surface area contributed by atoms with Crippen LogP contribution in [0.15, 0.2) is 36.4 Å². The van der Waals surface area contributed by atoms with Crippen LogP contribution in [0.2, 0.25) is 0 Å². The second kappa shape index (κ2) is 10.9. The number of unbranched alkanes of at least 4 members (excludes halogenated alkanes) is 2. The largest absolute Gasteiger partial charge is 0.573 e.